The van der Waals surface area contributed by atoms with Crippen LogP contribution in [-0.2, 0) is 43.4 Å². The average molecular weight is 728 g/mol. The van der Waals surface area contributed by atoms with Crippen LogP contribution in [0.5, 0.6) is 5.75 Å². The molecule has 0 unspecified atom stereocenters. The molecule has 3 aliphatic rings. The molecule has 3 aromatic rings. The summed E-state index contributed by atoms with van der Waals surface area (Å²) in [6.07, 6.45) is 1.63. The summed E-state index contributed by atoms with van der Waals surface area (Å²) in [5.74, 6) is -1.91. The molecule has 282 valence electrons. The van der Waals surface area contributed by atoms with Gasteiger partial charge in [-0.15, -0.1) is 0 Å². The number of hydrogen-bond donors (Lipinski definition) is 5. The standard InChI is InChI=1S/C39H49N7O7/c1-23(2)17-29-22-53-30-13-11-28(12-14-30)20-31(43-33(47)21-46-25(4)18-24(3)40-38(46)52)35(49)41-26(5)34(48)45-39(15-16-39)37(51)44-32(36(50)42-29)19-27-9-7-6-8-10-27/h6-14,18,23,26,29,31-32H,15-17,19-22H2,1-5H3,(H,41,49)(H,42,50)(H,43,47)(H,44,51)(H,45,48)/t26-,29+,31+,32-/m1/s1. The second-order valence-electron chi connectivity index (χ2n) is 14.5. The maximum Gasteiger partial charge on any atom is 0.348 e. The number of aryl methyl sites for hydroxylation is 2. The van der Waals surface area contributed by atoms with Gasteiger partial charge in [0.05, 0.1) is 6.04 Å². The van der Waals surface area contributed by atoms with Crippen molar-refractivity contribution in [2.45, 2.75) is 103 Å². The van der Waals surface area contributed by atoms with Crippen molar-refractivity contribution in [2.24, 2.45) is 5.92 Å². The molecule has 1 spiro atoms. The zero-order chi connectivity index (χ0) is 38.3. The first-order chi connectivity index (χ1) is 25.2. The molecule has 53 heavy (non-hydrogen) atoms. The number of benzene rings is 2. The molecule has 2 aliphatic heterocycles. The van der Waals surface area contributed by atoms with Crippen LogP contribution in [-0.4, -0.2) is 75.4 Å². The Labute approximate surface area is 308 Å². The van der Waals surface area contributed by atoms with Gasteiger partial charge in [0.1, 0.15) is 42.6 Å². The van der Waals surface area contributed by atoms with Gasteiger partial charge in [-0.25, -0.2) is 4.79 Å². The number of carbonyl (C=O) groups excluding carboxylic acids is 5. The Balaban J connectivity index is 1.41. The fourth-order valence-electron chi connectivity index (χ4n) is 6.37. The summed E-state index contributed by atoms with van der Waals surface area (Å²) in [6.45, 7) is 8.76. The van der Waals surface area contributed by atoms with Crippen molar-refractivity contribution in [2.75, 3.05) is 6.61 Å². The number of fused-ring (bicyclic) bond motifs is 15. The fourth-order valence-corrected chi connectivity index (χ4v) is 6.37. The highest BCUT2D eigenvalue weighted by Gasteiger charge is 2.52. The molecule has 2 aromatic carbocycles. The van der Waals surface area contributed by atoms with Crippen LogP contribution in [0.1, 0.15) is 62.5 Å². The third kappa shape index (κ3) is 10.5. The quantitative estimate of drug-likeness (QED) is 0.226. The van der Waals surface area contributed by atoms with E-state index in [1.54, 1.807) is 44.2 Å². The molecule has 14 heteroatoms. The van der Waals surface area contributed by atoms with E-state index in [9.17, 15) is 28.8 Å². The smallest absolute Gasteiger partial charge is 0.348 e. The molecular weight excluding hydrogens is 678 g/mol. The Kier molecular flexibility index (Phi) is 12.3. The van der Waals surface area contributed by atoms with E-state index in [-0.39, 0.29) is 43.9 Å². The minimum absolute atomic E-state index is 0.0629. The number of rotatable bonds is 7. The van der Waals surface area contributed by atoms with E-state index in [2.05, 4.69) is 31.6 Å². The molecule has 14 nitrogen and oxygen atoms in total. The topological polar surface area (TPSA) is 190 Å². The first kappa shape index (κ1) is 38.7. The molecule has 1 saturated carbocycles. The molecular formula is C39H49N7O7. The summed E-state index contributed by atoms with van der Waals surface area (Å²) in [5, 5.41) is 14.2. The normalized spacial score (nSPS) is 22.2. The van der Waals surface area contributed by atoms with E-state index in [4.69, 9.17) is 4.74 Å². The number of ether oxygens (including phenoxy) is 1. The van der Waals surface area contributed by atoms with Gasteiger partial charge in [0.25, 0.3) is 0 Å². The van der Waals surface area contributed by atoms with Crippen molar-refractivity contribution in [1.82, 2.24) is 36.1 Å². The van der Waals surface area contributed by atoms with E-state index in [0.717, 1.165) is 5.56 Å². The summed E-state index contributed by atoms with van der Waals surface area (Å²) in [7, 11) is 0. The predicted octanol–water partition coefficient (Wildman–Crippen LogP) is 1.39. The van der Waals surface area contributed by atoms with Crippen LogP contribution in [0.4, 0.5) is 0 Å². The van der Waals surface area contributed by atoms with Crippen LogP contribution in [0, 0.1) is 19.8 Å². The second kappa shape index (κ2) is 16.9. The zero-order valence-corrected chi connectivity index (χ0v) is 30.9. The minimum Gasteiger partial charge on any atom is -0.491 e. The summed E-state index contributed by atoms with van der Waals surface area (Å²) in [6, 6.07) is 14.5. The maximum absolute atomic E-state index is 13.8. The summed E-state index contributed by atoms with van der Waals surface area (Å²) in [4.78, 5) is 84.4. The first-order valence-electron chi connectivity index (χ1n) is 18.0. The number of carbonyl (C=O) groups is 5. The molecule has 4 atom stereocenters. The Morgan fingerprint density at radius 3 is 2.28 bits per heavy atom. The zero-order valence-electron chi connectivity index (χ0n) is 30.9. The molecule has 6 rings (SSSR count). The lowest BCUT2D eigenvalue weighted by molar-refractivity contribution is -0.135. The third-order valence-corrected chi connectivity index (χ3v) is 9.42. The van der Waals surface area contributed by atoms with Gasteiger partial charge < -0.3 is 31.3 Å². The summed E-state index contributed by atoms with van der Waals surface area (Å²) in [5.41, 5.74) is 0.783. The Morgan fingerprint density at radius 2 is 1.64 bits per heavy atom. The Morgan fingerprint density at radius 1 is 0.943 bits per heavy atom. The maximum atomic E-state index is 13.8. The van der Waals surface area contributed by atoms with Crippen LogP contribution in [0.2, 0.25) is 0 Å². The lowest BCUT2D eigenvalue weighted by Crippen LogP contribution is -2.60. The highest BCUT2D eigenvalue weighted by molar-refractivity contribution is 5.99. The molecule has 1 aromatic heterocycles. The molecule has 2 bridgehead atoms. The molecule has 0 radical (unpaired) electrons. The number of aromatic nitrogens is 2. The van der Waals surface area contributed by atoms with Crippen molar-refractivity contribution < 1.29 is 28.7 Å². The molecule has 1 fully saturated rings. The van der Waals surface area contributed by atoms with Gasteiger partial charge >= 0.3 is 5.69 Å². The van der Waals surface area contributed by atoms with Crippen LogP contribution < -0.4 is 37.0 Å². The van der Waals surface area contributed by atoms with Gasteiger partial charge in [0.2, 0.25) is 29.5 Å². The molecule has 3 heterocycles. The SMILES string of the molecule is Cc1cc(C)n(CC(=O)N[C@H]2Cc3ccc(cc3)OC[C@H](CC(C)C)NC(=O)[C@@H](Cc3ccccc3)NC(=O)C3(CC3)NC(=O)[C@@H](C)NC2=O)c(=O)n1. The van der Waals surface area contributed by atoms with Gasteiger partial charge in [0.15, 0.2) is 0 Å². The van der Waals surface area contributed by atoms with E-state index >= 15 is 0 Å². The number of hydrogen-bond acceptors (Lipinski definition) is 8. The van der Waals surface area contributed by atoms with Gasteiger partial charge in [-0.1, -0.05) is 56.3 Å². The van der Waals surface area contributed by atoms with E-state index < -0.39 is 53.0 Å². The average Bonchev–Trinajstić information content (AvgIpc) is 3.89. The van der Waals surface area contributed by atoms with Crippen LogP contribution >= 0.6 is 0 Å². The second-order valence-corrected chi connectivity index (χ2v) is 14.5. The van der Waals surface area contributed by atoms with Crippen LogP contribution in [0.15, 0.2) is 65.5 Å². The largest absolute Gasteiger partial charge is 0.491 e. The van der Waals surface area contributed by atoms with Crippen molar-refractivity contribution in [3.8, 4) is 5.75 Å². The van der Waals surface area contributed by atoms with E-state index in [1.807, 2.05) is 44.2 Å². The molecule has 5 amide bonds. The van der Waals surface area contributed by atoms with Crippen molar-refractivity contribution in [3.05, 3.63) is 93.7 Å². The van der Waals surface area contributed by atoms with Crippen LogP contribution in [0.3, 0.4) is 0 Å². The number of nitrogens with one attached hydrogen (secondary N) is 5. The van der Waals surface area contributed by atoms with Gasteiger partial charge in [0, 0.05) is 24.2 Å². The number of amides is 5. The molecule has 1 aliphatic carbocycles. The van der Waals surface area contributed by atoms with E-state index in [0.29, 0.717) is 42.0 Å². The predicted molar refractivity (Wildman–Crippen MR) is 197 cm³/mol. The lowest BCUT2D eigenvalue weighted by Gasteiger charge is -2.27. The lowest BCUT2D eigenvalue weighted by atomic mass is 10.0. The number of nitrogens with zero attached hydrogens (tertiary/aromatic N) is 2. The fraction of sp³-hybridized carbons (Fsp3) is 0.462. The monoisotopic (exact) mass is 727 g/mol. The third-order valence-electron chi connectivity index (χ3n) is 9.42. The van der Waals surface area contributed by atoms with Crippen LogP contribution in [0.25, 0.3) is 0 Å². The molecule has 5 N–H and O–H groups in total. The van der Waals surface area contributed by atoms with Crippen molar-refractivity contribution in [3.63, 3.8) is 0 Å². The van der Waals surface area contributed by atoms with Gasteiger partial charge in [-0.3, -0.25) is 28.5 Å². The summed E-state index contributed by atoms with van der Waals surface area (Å²) >= 11 is 0. The van der Waals surface area contributed by atoms with Gasteiger partial charge in [-0.05, 0) is 75.3 Å². The Bertz CT molecular complexity index is 1870. The van der Waals surface area contributed by atoms with Crippen molar-refractivity contribution >= 4 is 29.5 Å². The highest BCUT2D eigenvalue weighted by Crippen LogP contribution is 2.36. The molecule has 0 saturated heterocycles. The minimum atomic E-state index is -1.24. The van der Waals surface area contributed by atoms with Crippen molar-refractivity contribution in [1.29, 1.82) is 0 Å². The summed E-state index contributed by atoms with van der Waals surface area (Å²) < 4.78 is 7.34. The highest BCUT2D eigenvalue weighted by atomic mass is 16.5. The van der Waals surface area contributed by atoms with E-state index in [1.165, 1.54) is 11.5 Å². The Hall–Kier alpha value is -5.53. The van der Waals surface area contributed by atoms with Gasteiger partial charge in [-0.2, -0.15) is 4.98 Å². The first-order valence-corrected chi connectivity index (χ1v) is 18.0.